The lowest BCUT2D eigenvalue weighted by Gasteiger charge is -2.06. The number of carbonyl (C=O) groups is 2. The molecular weight excluding hydrogens is 346 g/mol. The highest BCUT2D eigenvalue weighted by molar-refractivity contribution is 8.01. The quantitative estimate of drug-likeness (QED) is 0.622. The summed E-state index contributed by atoms with van der Waals surface area (Å²) in [5, 5.41) is 17.5. The number of aromatic nitrogens is 2. The van der Waals surface area contributed by atoms with Crippen LogP contribution < -0.4 is 16.0 Å². The first-order chi connectivity index (χ1) is 11.6. The summed E-state index contributed by atoms with van der Waals surface area (Å²) in [6, 6.07) is 6.96. The predicted octanol–water partition coefficient (Wildman–Crippen LogP) is 3.05. The van der Waals surface area contributed by atoms with E-state index in [4.69, 9.17) is 0 Å². The van der Waals surface area contributed by atoms with E-state index in [1.165, 1.54) is 30.0 Å². The summed E-state index contributed by atoms with van der Waals surface area (Å²) in [7, 11) is 0. The molecule has 0 atom stereocenters. The molecule has 24 heavy (non-hydrogen) atoms. The molecule has 2 amide bonds. The zero-order chi connectivity index (χ0) is 17.4. The lowest BCUT2D eigenvalue weighted by molar-refractivity contribution is -0.114. The third-order valence-corrected chi connectivity index (χ3v) is 4.76. The number of nitrogens with one attached hydrogen (secondary N) is 3. The van der Waals surface area contributed by atoms with Gasteiger partial charge in [0.05, 0.1) is 5.75 Å². The Morgan fingerprint density at radius 3 is 2.42 bits per heavy atom. The molecule has 0 radical (unpaired) electrons. The summed E-state index contributed by atoms with van der Waals surface area (Å²) in [5.74, 6) is 0.00847. The second kappa shape index (κ2) is 9.24. The van der Waals surface area contributed by atoms with Gasteiger partial charge in [-0.05, 0) is 30.7 Å². The third-order valence-electron chi connectivity index (χ3n) is 2.75. The number of benzene rings is 1. The van der Waals surface area contributed by atoms with Gasteiger partial charge in [0.2, 0.25) is 16.9 Å². The van der Waals surface area contributed by atoms with Gasteiger partial charge in [-0.25, -0.2) is 0 Å². The van der Waals surface area contributed by atoms with Crippen molar-refractivity contribution in [3.63, 3.8) is 0 Å². The molecule has 0 spiro atoms. The van der Waals surface area contributed by atoms with Crippen LogP contribution in [0, 0.1) is 0 Å². The fraction of sp³-hybridized carbons (Fsp3) is 0.333. The molecule has 1 heterocycles. The fourth-order valence-corrected chi connectivity index (χ4v) is 3.31. The molecule has 0 saturated carbocycles. The first kappa shape index (κ1) is 18.2. The van der Waals surface area contributed by atoms with E-state index in [1.807, 2.05) is 0 Å². The van der Waals surface area contributed by atoms with Crippen molar-refractivity contribution in [3.8, 4) is 0 Å². The lowest BCUT2D eigenvalue weighted by atomic mass is 10.3. The number of hydrogen-bond acceptors (Lipinski definition) is 7. The number of hydrogen-bond donors (Lipinski definition) is 3. The minimum atomic E-state index is -0.131. The first-order valence-corrected chi connectivity index (χ1v) is 9.24. The van der Waals surface area contributed by atoms with Crippen molar-refractivity contribution in [2.24, 2.45) is 0 Å². The number of amides is 2. The topological polar surface area (TPSA) is 96.0 Å². The minimum absolute atomic E-state index is 0.120. The van der Waals surface area contributed by atoms with E-state index in [1.54, 1.807) is 24.3 Å². The van der Waals surface area contributed by atoms with Crippen LogP contribution in [0.3, 0.4) is 0 Å². The Bertz CT molecular complexity index is 687. The third kappa shape index (κ3) is 6.17. The van der Waals surface area contributed by atoms with Gasteiger partial charge < -0.3 is 16.0 Å². The van der Waals surface area contributed by atoms with Crippen molar-refractivity contribution in [2.45, 2.75) is 24.6 Å². The van der Waals surface area contributed by atoms with Crippen LogP contribution in [0.4, 0.5) is 16.5 Å². The van der Waals surface area contributed by atoms with E-state index < -0.39 is 0 Å². The summed E-state index contributed by atoms with van der Waals surface area (Å²) < 4.78 is 0.754. The molecule has 0 bridgehead atoms. The molecule has 3 N–H and O–H groups in total. The van der Waals surface area contributed by atoms with Crippen LogP contribution in [0.5, 0.6) is 0 Å². The number of rotatable bonds is 8. The summed E-state index contributed by atoms with van der Waals surface area (Å²) in [6.07, 6.45) is 1.02. The van der Waals surface area contributed by atoms with E-state index in [9.17, 15) is 9.59 Å². The van der Waals surface area contributed by atoms with Crippen molar-refractivity contribution in [2.75, 3.05) is 28.2 Å². The average molecular weight is 365 g/mol. The van der Waals surface area contributed by atoms with Crippen molar-refractivity contribution in [1.29, 1.82) is 0 Å². The molecule has 0 aliphatic rings. The van der Waals surface area contributed by atoms with Gasteiger partial charge in [0.1, 0.15) is 0 Å². The summed E-state index contributed by atoms with van der Waals surface area (Å²) >= 11 is 2.79. The van der Waals surface area contributed by atoms with Gasteiger partial charge in [-0.2, -0.15) is 0 Å². The highest BCUT2D eigenvalue weighted by Gasteiger charge is 2.08. The highest BCUT2D eigenvalue weighted by Crippen LogP contribution is 2.25. The van der Waals surface area contributed by atoms with Gasteiger partial charge in [-0.15, -0.1) is 10.2 Å². The number of nitrogens with zero attached hydrogens (tertiary/aromatic N) is 2. The van der Waals surface area contributed by atoms with E-state index in [-0.39, 0.29) is 17.6 Å². The fourth-order valence-electron chi connectivity index (χ4n) is 1.74. The molecule has 0 fully saturated rings. The molecule has 1 aromatic carbocycles. The molecule has 7 nitrogen and oxygen atoms in total. The first-order valence-electron chi connectivity index (χ1n) is 7.44. The zero-order valence-electron chi connectivity index (χ0n) is 13.5. The van der Waals surface area contributed by atoms with Gasteiger partial charge in [-0.1, -0.05) is 30.0 Å². The van der Waals surface area contributed by atoms with Crippen molar-refractivity contribution in [1.82, 2.24) is 10.2 Å². The van der Waals surface area contributed by atoms with E-state index in [0.29, 0.717) is 11.4 Å². The largest absolute Gasteiger partial charge is 0.360 e. The Labute approximate surface area is 148 Å². The van der Waals surface area contributed by atoms with Crippen molar-refractivity contribution < 1.29 is 9.59 Å². The Hall–Kier alpha value is -2.13. The Morgan fingerprint density at radius 2 is 1.79 bits per heavy atom. The van der Waals surface area contributed by atoms with Crippen LogP contribution in [0.1, 0.15) is 20.3 Å². The highest BCUT2D eigenvalue weighted by atomic mass is 32.2. The minimum Gasteiger partial charge on any atom is -0.360 e. The van der Waals surface area contributed by atoms with E-state index in [0.717, 1.165) is 22.4 Å². The molecule has 0 aliphatic carbocycles. The Morgan fingerprint density at radius 1 is 1.12 bits per heavy atom. The number of carbonyl (C=O) groups excluding carboxylic acids is 2. The number of anilines is 3. The normalized spacial score (nSPS) is 10.2. The monoisotopic (exact) mass is 365 g/mol. The molecule has 0 unspecified atom stereocenters. The van der Waals surface area contributed by atoms with Gasteiger partial charge in [0.25, 0.3) is 0 Å². The van der Waals surface area contributed by atoms with Gasteiger partial charge in [0.15, 0.2) is 4.34 Å². The zero-order valence-corrected chi connectivity index (χ0v) is 15.1. The van der Waals surface area contributed by atoms with E-state index in [2.05, 4.69) is 33.1 Å². The maximum Gasteiger partial charge on any atom is 0.234 e. The molecule has 9 heteroatoms. The van der Waals surface area contributed by atoms with Crippen LogP contribution in [0.15, 0.2) is 28.6 Å². The average Bonchev–Trinajstić information content (AvgIpc) is 3.00. The Kier molecular flexibility index (Phi) is 7.01. The maximum absolute atomic E-state index is 12.0. The summed E-state index contributed by atoms with van der Waals surface area (Å²) in [4.78, 5) is 22.9. The predicted molar refractivity (Wildman–Crippen MR) is 98.8 cm³/mol. The molecule has 2 rings (SSSR count). The molecule has 0 saturated heterocycles. The Balaban J connectivity index is 1.78. The standard InChI is InChI=1S/C15H19N5O2S2/c1-3-8-16-14-19-20-15(24-14)23-9-13(22)18-12-6-4-11(5-7-12)17-10(2)21/h4-7H,3,8-9H2,1-2H3,(H,16,19)(H,17,21)(H,18,22). The van der Waals surface area contributed by atoms with Gasteiger partial charge in [0, 0.05) is 24.8 Å². The van der Waals surface area contributed by atoms with E-state index >= 15 is 0 Å². The van der Waals surface area contributed by atoms with Crippen LogP contribution in [0.2, 0.25) is 0 Å². The molecule has 128 valence electrons. The SMILES string of the molecule is CCCNc1nnc(SCC(=O)Nc2ccc(NC(C)=O)cc2)s1. The van der Waals surface area contributed by atoms with Gasteiger partial charge >= 0.3 is 0 Å². The van der Waals surface area contributed by atoms with Crippen LogP contribution >= 0.6 is 23.1 Å². The molecule has 2 aromatic rings. The summed E-state index contributed by atoms with van der Waals surface area (Å²) in [5.41, 5.74) is 1.37. The summed E-state index contributed by atoms with van der Waals surface area (Å²) in [6.45, 7) is 4.38. The molecule has 0 aliphatic heterocycles. The second-order valence-electron chi connectivity index (χ2n) is 4.90. The lowest BCUT2D eigenvalue weighted by Crippen LogP contribution is -2.14. The smallest absolute Gasteiger partial charge is 0.234 e. The van der Waals surface area contributed by atoms with Crippen molar-refractivity contribution in [3.05, 3.63) is 24.3 Å². The van der Waals surface area contributed by atoms with Crippen molar-refractivity contribution >= 4 is 51.4 Å². The maximum atomic E-state index is 12.0. The second-order valence-corrected chi connectivity index (χ2v) is 7.10. The van der Waals surface area contributed by atoms with Crippen LogP contribution in [-0.4, -0.2) is 34.3 Å². The molecule has 1 aromatic heterocycles. The van der Waals surface area contributed by atoms with Gasteiger partial charge in [-0.3, -0.25) is 9.59 Å². The molecular formula is C15H19N5O2S2. The van der Waals surface area contributed by atoms with Crippen LogP contribution in [0.25, 0.3) is 0 Å². The number of thioether (sulfide) groups is 1. The van der Waals surface area contributed by atoms with Crippen LogP contribution in [-0.2, 0) is 9.59 Å².